The average Bonchev–Trinajstić information content (AvgIpc) is 2.78. The molecule has 29 heavy (non-hydrogen) atoms. The lowest BCUT2D eigenvalue weighted by atomic mass is 9.95. The highest BCUT2D eigenvalue weighted by molar-refractivity contribution is 6.88. The van der Waals surface area contributed by atoms with Gasteiger partial charge in [-0.15, -0.1) is 16.6 Å². The van der Waals surface area contributed by atoms with E-state index in [0.717, 1.165) is 0 Å². The van der Waals surface area contributed by atoms with Gasteiger partial charge in [0.15, 0.2) is 0 Å². The molecule has 0 unspecified atom stereocenters. The minimum absolute atomic E-state index is 0.465. The van der Waals surface area contributed by atoms with Crippen LogP contribution in [0.25, 0.3) is 0 Å². The molecule has 0 fully saturated rings. The van der Waals surface area contributed by atoms with Gasteiger partial charge >= 0.3 is 0 Å². The van der Waals surface area contributed by atoms with Crippen LogP contribution < -0.4 is 0 Å². The van der Waals surface area contributed by atoms with Crippen LogP contribution in [-0.2, 0) is 0 Å². The van der Waals surface area contributed by atoms with E-state index >= 15 is 0 Å². The first-order valence-electron chi connectivity index (χ1n) is 12.3. The van der Waals surface area contributed by atoms with Crippen LogP contribution in [0.1, 0.15) is 69.2 Å². The molecule has 0 aromatic carbocycles. The minimum atomic E-state index is -1.50. The van der Waals surface area contributed by atoms with Crippen LogP contribution in [-0.4, -0.2) is 24.2 Å². The van der Waals surface area contributed by atoms with Crippen molar-refractivity contribution in [1.29, 1.82) is 0 Å². The summed E-state index contributed by atoms with van der Waals surface area (Å²) in [5, 5.41) is 0. The monoisotopic (exact) mass is 444 g/mol. The molecular formula is C26H48Si3. The highest BCUT2D eigenvalue weighted by Gasteiger charge is 2.29. The first-order chi connectivity index (χ1) is 13.7. The fraction of sp³-hybridized carbons (Fsp3) is 0.769. The van der Waals surface area contributed by atoms with E-state index in [1.807, 2.05) is 0 Å². The van der Waals surface area contributed by atoms with Gasteiger partial charge in [-0.2, -0.15) is 0 Å². The molecule has 0 atom stereocenters. The molecule has 0 aromatic heterocycles. The van der Waals surface area contributed by atoms with E-state index in [1.54, 1.807) is 0 Å². The van der Waals surface area contributed by atoms with Gasteiger partial charge in [0.25, 0.3) is 0 Å². The minimum Gasteiger partial charge on any atom is -0.129 e. The molecule has 0 saturated carbocycles. The van der Waals surface area contributed by atoms with E-state index in [4.69, 9.17) is 0 Å². The van der Waals surface area contributed by atoms with Gasteiger partial charge in [-0.05, 0) is 61.3 Å². The Labute approximate surface area is 187 Å². The maximum atomic E-state index is 3.82. The second-order valence-corrected chi connectivity index (χ2v) is 23.7. The standard InChI is InChI=1S/C26H48Si3/c1-11-27(12-2,13-3)23-20-26(10,21-24-28(14-4,15-5)16-6)22-25-29(17-7,18-8)19-9/h11-19H2,1-10H3. The molecule has 0 radical (unpaired) electrons. The molecule has 0 aromatic rings. The third kappa shape index (κ3) is 7.83. The lowest BCUT2D eigenvalue weighted by Crippen LogP contribution is -2.32. The summed E-state index contributed by atoms with van der Waals surface area (Å²) in [6.45, 7) is 23.2. The third-order valence-electron chi connectivity index (χ3n) is 7.82. The van der Waals surface area contributed by atoms with Crippen molar-refractivity contribution in [3.05, 3.63) is 0 Å². The van der Waals surface area contributed by atoms with E-state index in [9.17, 15) is 0 Å². The first-order valence-corrected chi connectivity index (χ1v) is 20.2. The van der Waals surface area contributed by atoms with Crippen molar-refractivity contribution in [2.75, 3.05) is 0 Å². The Morgan fingerprint density at radius 1 is 0.414 bits per heavy atom. The van der Waals surface area contributed by atoms with Crippen LogP contribution in [0, 0.1) is 39.8 Å². The Morgan fingerprint density at radius 2 is 0.586 bits per heavy atom. The Kier molecular flexibility index (Phi) is 12.6. The fourth-order valence-corrected chi connectivity index (χ4v) is 11.5. The van der Waals surface area contributed by atoms with Crippen molar-refractivity contribution >= 4 is 24.2 Å². The maximum absolute atomic E-state index is 3.82. The Morgan fingerprint density at radius 3 is 0.724 bits per heavy atom. The fourth-order valence-electron chi connectivity index (χ4n) is 3.91. The Bertz CT molecular complexity index is 542. The van der Waals surface area contributed by atoms with E-state index in [1.165, 1.54) is 54.4 Å². The van der Waals surface area contributed by atoms with Crippen LogP contribution in [0.4, 0.5) is 0 Å². The molecule has 0 rings (SSSR count). The van der Waals surface area contributed by atoms with E-state index in [0.29, 0.717) is 0 Å². The van der Waals surface area contributed by atoms with Gasteiger partial charge in [0.1, 0.15) is 29.6 Å². The van der Waals surface area contributed by atoms with E-state index in [-0.39, 0.29) is 0 Å². The summed E-state index contributed by atoms with van der Waals surface area (Å²) in [6, 6.07) is 11.1. The topological polar surface area (TPSA) is 0 Å². The number of hydrogen-bond donors (Lipinski definition) is 0. The summed E-state index contributed by atoms with van der Waals surface area (Å²) >= 11 is 0. The molecule has 0 aliphatic rings. The van der Waals surface area contributed by atoms with Crippen LogP contribution >= 0.6 is 0 Å². The summed E-state index contributed by atoms with van der Waals surface area (Å²) in [5.74, 6) is 11.1. The predicted molar refractivity (Wildman–Crippen MR) is 143 cm³/mol. The lowest BCUT2D eigenvalue weighted by molar-refractivity contribution is 0.821. The van der Waals surface area contributed by atoms with Crippen molar-refractivity contribution in [3.8, 4) is 34.4 Å². The molecule has 0 bridgehead atoms. The first kappa shape index (κ1) is 28.3. The van der Waals surface area contributed by atoms with Crippen molar-refractivity contribution in [1.82, 2.24) is 0 Å². The predicted octanol–water partition coefficient (Wildman–Crippen LogP) is 8.15. The zero-order valence-electron chi connectivity index (χ0n) is 21.4. The van der Waals surface area contributed by atoms with Crippen LogP contribution in [0.3, 0.4) is 0 Å². The Hall–Kier alpha value is -0.669. The Balaban J connectivity index is 6.54. The highest BCUT2D eigenvalue weighted by Crippen LogP contribution is 2.25. The molecule has 0 aliphatic heterocycles. The molecule has 0 nitrogen and oxygen atoms in total. The van der Waals surface area contributed by atoms with E-state index in [2.05, 4.69) is 104 Å². The summed E-state index contributed by atoms with van der Waals surface area (Å²) in [7, 11) is -4.50. The SMILES string of the molecule is CC[Si](C#CC(C)(C#C[Si](CC)(CC)CC)C#C[Si](CC)(CC)CC)(CC)CC. The smallest absolute Gasteiger partial charge is 0.129 e. The number of hydrogen-bond acceptors (Lipinski definition) is 0. The van der Waals surface area contributed by atoms with Crippen LogP contribution in [0.2, 0.25) is 54.4 Å². The normalized spacial score (nSPS) is 12.2. The highest BCUT2D eigenvalue weighted by atomic mass is 28.3. The summed E-state index contributed by atoms with van der Waals surface area (Å²) in [6.07, 6.45) is 0. The lowest BCUT2D eigenvalue weighted by Gasteiger charge is -2.24. The quantitative estimate of drug-likeness (QED) is 0.248. The molecule has 0 saturated heterocycles. The van der Waals surface area contributed by atoms with Crippen molar-refractivity contribution in [3.63, 3.8) is 0 Å². The summed E-state index contributed by atoms with van der Waals surface area (Å²) in [4.78, 5) is 0. The van der Waals surface area contributed by atoms with Crippen molar-refractivity contribution in [2.24, 2.45) is 5.41 Å². The molecule has 0 spiro atoms. The molecular weight excluding hydrogens is 397 g/mol. The molecule has 0 N–H and O–H groups in total. The van der Waals surface area contributed by atoms with Gasteiger partial charge in [-0.3, -0.25) is 0 Å². The second kappa shape index (κ2) is 12.9. The van der Waals surface area contributed by atoms with Crippen LogP contribution in [0.5, 0.6) is 0 Å². The largest absolute Gasteiger partial charge is 0.147 e. The van der Waals surface area contributed by atoms with Crippen molar-refractivity contribution < 1.29 is 0 Å². The summed E-state index contributed by atoms with van der Waals surface area (Å²) < 4.78 is 0. The van der Waals surface area contributed by atoms with Crippen LogP contribution in [0.15, 0.2) is 0 Å². The van der Waals surface area contributed by atoms with Crippen molar-refractivity contribution in [2.45, 2.75) is 124 Å². The van der Waals surface area contributed by atoms with E-state index < -0.39 is 29.6 Å². The average molecular weight is 445 g/mol. The number of rotatable bonds is 9. The van der Waals surface area contributed by atoms with Gasteiger partial charge in [-0.25, -0.2) is 0 Å². The molecule has 164 valence electrons. The second-order valence-electron chi connectivity index (χ2n) is 8.90. The van der Waals surface area contributed by atoms with Gasteiger partial charge in [0, 0.05) is 0 Å². The molecule has 0 aliphatic carbocycles. The van der Waals surface area contributed by atoms with Gasteiger partial charge in [-0.1, -0.05) is 80.1 Å². The zero-order valence-corrected chi connectivity index (χ0v) is 24.4. The molecule has 0 heterocycles. The van der Waals surface area contributed by atoms with Gasteiger partial charge < -0.3 is 0 Å². The van der Waals surface area contributed by atoms with Gasteiger partial charge in [0.2, 0.25) is 0 Å². The molecule has 3 heteroatoms. The zero-order chi connectivity index (χ0) is 22.6. The maximum Gasteiger partial charge on any atom is 0.147 e. The summed E-state index contributed by atoms with van der Waals surface area (Å²) in [5.41, 5.74) is 11.0. The van der Waals surface area contributed by atoms with Gasteiger partial charge in [0.05, 0.1) is 0 Å². The third-order valence-corrected chi connectivity index (χ3v) is 22.0. The molecule has 0 amide bonds.